The van der Waals surface area contributed by atoms with Crippen molar-refractivity contribution in [2.45, 2.75) is 18.9 Å². The molecule has 1 aromatic heterocycles. The van der Waals surface area contributed by atoms with Crippen LogP contribution in [0.2, 0.25) is 0 Å². The molecule has 2 nitrogen and oxygen atoms in total. The number of aliphatic hydroxyl groups excluding tert-OH is 1. The van der Waals surface area contributed by atoms with Gasteiger partial charge in [0.15, 0.2) is 0 Å². The maximum Gasteiger partial charge on any atom is 0.0701 e. The summed E-state index contributed by atoms with van der Waals surface area (Å²) in [6.07, 6.45) is 1.71. The molecule has 1 aliphatic heterocycles. The van der Waals surface area contributed by atoms with Gasteiger partial charge in [0.2, 0.25) is 0 Å². The highest BCUT2D eigenvalue weighted by molar-refractivity contribution is 9.11. The second-order valence-corrected chi connectivity index (χ2v) is 6.28. The van der Waals surface area contributed by atoms with Gasteiger partial charge in [-0.1, -0.05) is 0 Å². The average molecular weight is 276 g/mol. The Hall–Kier alpha value is 0.1000. The van der Waals surface area contributed by atoms with Crippen LogP contribution in [-0.4, -0.2) is 24.3 Å². The fourth-order valence-electron chi connectivity index (χ4n) is 1.84. The van der Waals surface area contributed by atoms with Crippen molar-refractivity contribution in [2.24, 2.45) is 5.92 Å². The van der Waals surface area contributed by atoms with Gasteiger partial charge < -0.3 is 10.4 Å². The number of nitrogens with one attached hydrogen (secondary N) is 1. The van der Waals surface area contributed by atoms with Crippen LogP contribution in [0.3, 0.4) is 0 Å². The molecule has 0 saturated carbocycles. The lowest BCUT2D eigenvalue weighted by atomic mass is 9.98. The first-order valence-corrected chi connectivity index (χ1v) is 6.49. The zero-order valence-electron chi connectivity index (χ0n) is 7.87. The van der Waals surface area contributed by atoms with E-state index in [-0.39, 0.29) is 6.10 Å². The minimum absolute atomic E-state index is 0.185. The van der Waals surface area contributed by atoms with Crippen LogP contribution in [0, 0.1) is 5.92 Å². The first-order chi connectivity index (χ1) is 6.75. The molecule has 1 aliphatic rings. The molecule has 78 valence electrons. The lowest BCUT2D eigenvalue weighted by Gasteiger charge is -2.15. The van der Waals surface area contributed by atoms with E-state index in [1.165, 1.54) is 4.88 Å². The summed E-state index contributed by atoms with van der Waals surface area (Å²) in [5.74, 6) is 0.441. The fraction of sp³-hybridized carbons (Fsp3) is 0.600. The van der Waals surface area contributed by atoms with Crippen LogP contribution in [0.25, 0.3) is 0 Å². The Morgan fingerprint density at radius 2 is 2.50 bits per heavy atom. The van der Waals surface area contributed by atoms with Crippen molar-refractivity contribution in [3.63, 3.8) is 0 Å². The van der Waals surface area contributed by atoms with E-state index in [2.05, 4.69) is 27.3 Å². The largest absolute Gasteiger partial charge is 0.392 e. The SMILES string of the molecule is OC(Cc1ccc(Br)s1)[C@@H]1CCNC1. The third-order valence-electron chi connectivity index (χ3n) is 2.68. The van der Waals surface area contributed by atoms with Gasteiger partial charge in [-0.25, -0.2) is 0 Å². The van der Waals surface area contributed by atoms with Crippen molar-refractivity contribution >= 4 is 27.3 Å². The van der Waals surface area contributed by atoms with Crippen LogP contribution in [-0.2, 0) is 6.42 Å². The summed E-state index contributed by atoms with van der Waals surface area (Å²) in [7, 11) is 0. The monoisotopic (exact) mass is 275 g/mol. The zero-order valence-corrected chi connectivity index (χ0v) is 10.3. The first-order valence-electron chi connectivity index (χ1n) is 4.88. The molecule has 2 rings (SSSR count). The van der Waals surface area contributed by atoms with E-state index >= 15 is 0 Å². The van der Waals surface area contributed by atoms with Crippen molar-refractivity contribution in [3.8, 4) is 0 Å². The third kappa shape index (κ3) is 2.57. The molecule has 2 heterocycles. The summed E-state index contributed by atoms with van der Waals surface area (Å²) in [5, 5.41) is 13.2. The Morgan fingerprint density at radius 3 is 3.07 bits per heavy atom. The molecule has 1 saturated heterocycles. The molecule has 4 heteroatoms. The van der Waals surface area contributed by atoms with E-state index in [0.29, 0.717) is 5.92 Å². The summed E-state index contributed by atoms with van der Waals surface area (Å²) >= 11 is 5.14. The molecule has 1 aromatic rings. The van der Waals surface area contributed by atoms with Crippen molar-refractivity contribution in [3.05, 3.63) is 20.8 Å². The van der Waals surface area contributed by atoms with E-state index in [9.17, 15) is 5.11 Å². The number of aliphatic hydroxyl groups is 1. The Balaban J connectivity index is 1.90. The van der Waals surface area contributed by atoms with E-state index in [4.69, 9.17) is 0 Å². The summed E-state index contributed by atoms with van der Waals surface area (Å²) in [6.45, 7) is 2.02. The van der Waals surface area contributed by atoms with Gasteiger partial charge in [-0.05, 0) is 46.9 Å². The predicted octanol–water partition coefficient (Wildman–Crippen LogP) is 2.02. The molecule has 0 amide bonds. The van der Waals surface area contributed by atoms with Crippen molar-refractivity contribution in [2.75, 3.05) is 13.1 Å². The Bertz CT molecular complexity index is 296. The van der Waals surface area contributed by atoms with Crippen molar-refractivity contribution in [1.29, 1.82) is 0 Å². The maximum absolute atomic E-state index is 9.96. The second-order valence-electron chi connectivity index (χ2n) is 3.73. The minimum Gasteiger partial charge on any atom is -0.392 e. The molecule has 0 aliphatic carbocycles. The van der Waals surface area contributed by atoms with Crippen LogP contribution in [0.5, 0.6) is 0 Å². The summed E-state index contributed by atoms with van der Waals surface area (Å²) in [5.41, 5.74) is 0. The van der Waals surface area contributed by atoms with Crippen LogP contribution >= 0.6 is 27.3 Å². The van der Waals surface area contributed by atoms with Gasteiger partial charge in [0.25, 0.3) is 0 Å². The quantitative estimate of drug-likeness (QED) is 0.885. The minimum atomic E-state index is -0.185. The Morgan fingerprint density at radius 1 is 1.64 bits per heavy atom. The summed E-state index contributed by atoms with van der Waals surface area (Å²) in [6, 6.07) is 4.12. The van der Waals surface area contributed by atoms with Crippen molar-refractivity contribution in [1.82, 2.24) is 5.32 Å². The van der Waals surface area contributed by atoms with Gasteiger partial charge >= 0.3 is 0 Å². The standard InChI is InChI=1S/C10H14BrNOS/c11-10-2-1-8(14-10)5-9(13)7-3-4-12-6-7/h1-2,7,9,12-13H,3-6H2/t7-,9?/m1/s1. The molecule has 0 bridgehead atoms. The maximum atomic E-state index is 9.96. The van der Waals surface area contributed by atoms with Crippen LogP contribution in [0.1, 0.15) is 11.3 Å². The van der Waals surface area contributed by atoms with Crippen LogP contribution in [0.4, 0.5) is 0 Å². The first kappa shape index (κ1) is 10.6. The second kappa shape index (κ2) is 4.75. The highest BCUT2D eigenvalue weighted by Crippen LogP contribution is 2.25. The van der Waals surface area contributed by atoms with Gasteiger partial charge in [0.1, 0.15) is 0 Å². The van der Waals surface area contributed by atoms with E-state index in [0.717, 1.165) is 29.7 Å². The molecular formula is C10H14BrNOS. The molecule has 2 atom stereocenters. The molecule has 14 heavy (non-hydrogen) atoms. The fourth-order valence-corrected chi connectivity index (χ4v) is 3.37. The van der Waals surface area contributed by atoms with E-state index in [1.54, 1.807) is 11.3 Å². The molecule has 0 aromatic carbocycles. The number of hydrogen-bond donors (Lipinski definition) is 2. The van der Waals surface area contributed by atoms with Crippen LogP contribution in [0.15, 0.2) is 15.9 Å². The number of rotatable bonds is 3. The van der Waals surface area contributed by atoms with E-state index in [1.807, 2.05) is 6.07 Å². The molecule has 1 unspecified atom stereocenters. The smallest absolute Gasteiger partial charge is 0.0701 e. The zero-order chi connectivity index (χ0) is 9.97. The number of thiophene rings is 1. The summed E-state index contributed by atoms with van der Waals surface area (Å²) < 4.78 is 1.14. The van der Waals surface area contributed by atoms with Crippen LogP contribution < -0.4 is 5.32 Å². The normalized spacial score (nSPS) is 24.0. The number of halogens is 1. The van der Waals surface area contributed by atoms with Gasteiger partial charge in [-0.3, -0.25) is 0 Å². The molecule has 0 spiro atoms. The molecular weight excluding hydrogens is 262 g/mol. The summed E-state index contributed by atoms with van der Waals surface area (Å²) in [4.78, 5) is 1.26. The van der Waals surface area contributed by atoms with Gasteiger partial charge in [-0.2, -0.15) is 0 Å². The Kier molecular flexibility index (Phi) is 3.60. The lowest BCUT2D eigenvalue weighted by Crippen LogP contribution is -2.24. The average Bonchev–Trinajstić information content (AvgIpc) is 2.75. The molecule has 2 N–H and O–H groups in total. The predicted molar refractivity (Wildman–Crippen MR) is 62.7 cm³/mol. The highest BCUT2D eigenvalue weighted by Gasteiger charge is 2.23. The van der Waals surface area contributed by atoms with Gasteiger partial charge in [-0.15, -0.1) is 11.3 Å². The highest BCUT2D eigenvalue weighted by atomic mass is 79.9. The van der Waals surface area contributed by atoms with Gasteiger partial charge in [0, 0.05) is 17.8 Å². The topological polar surface area (TPSA) is 32.3 Å². The van der Waals surface area contributed by atoms with E-state index < -0.39 is 0 Å². The van der Waals surface area contributed by atoms with Crippen molar-refractivity contribution < 1.29 is 5.11 Å². The number of hydrogen-bond acceptors (Lipinski definition) is 3. The molecule has 1 fully saturated rings. The Labute approximate surface area is 96.5 Å². The lowest BCUT2D eigenvalue weighted by molar-refractivity contribution is 0.118. The van der Waals surface area contributed by atoms with Gasteiger partial charge in [0.05, 0.1) is 9.89 Å². The third-order valence-corrected chi connectivity index (χ3v) is 4.33. The molecule has 0 radical (unpaired) electrons.